The number of thioether (sulfide) groups is 1. The van der Waals surface area contributed by atoms with E-state index in [1.165, 1.54) is 0 Å². The first-order chi connectivity index (χ1) is 12.5. The first-order valence-electron chi connectivity index (χ1n) is 7.97. The molecule has 0 saturated heterocycles. The molecule has 0 radical (unpaired) electrons. The minimum atomic E-state index is -3.56. The zero-order valence-electron chi connectivity index (χ0n) is 13.8. The molecule has 3 rings (SSSR count). The molecule has 7 heteroatoms. The van der Waals surface area contributed by atoms with Crippen LogP contribution in [0.3, 0.4) is 0 Å². The van der Waals surface area contributed by atoms with E-state index < -0.39 is 10.0 Å². The topological polar surface area (TPSA) is 46.2 Å². The van der Waals surface area contributed by atoms with Gasteiger partial charge in [-0.15, -0.1) is 0 Å². The Morgan fingerprint density at radius 1 is 0.885 bits per heavy atom. The van der Waals surface area contributed by atoms with Crippen molar-refractivity contribution >= 4 is 55.8 Å². The van der Waals surface area contributed by atoms with Gasteiger partial charge in [-0.3, -0.25) is 0 Å². The standard InChI is InChI=1S/C19H17Cl2NO2S2/c20-17-8-4-9-18(21)16(17)13-25-12-11-22-26(23,24)19-10-3-6-14-5-1-2-7-15(14)19/h1-10,22H,11-13H2. The first-order valence-corrected chi connectivity index (χ1v) is 11.4. The molecule has 0 unspecified atom stereocenters. The number of sulfonamides is 1. The number of nitrogens with one attached hydrogen (secondary N) is 1. The highest BCUT2D eigenvalue weighted by Gasteiger charge is 2.16. The molecule has 1 N–H and O–H groups in total. The van der Waals surface area contributed by atoms with Crippen LogP contribution in [-0.2, 0) is 15.8 Å². The lowest BCUT2D eigenvalue weighted by molar-refractivity contribution is 0.585. The van der Waals surface area contributed by atoms with E-state index in [9.17, 15) is 8.42 Å². The number of halogens is 2. The predicted molar refractivity (Wildman–Crippen MR) is 112 cm³/mol. The van der Waals surface area contributed by atoms with Crippen LogP contribution in [0, 0.1) is 0 Å². The van der Waals surface area contributed by atoms with Crippen LogP contribution >= 0.6 is 35.0 Å². The van der Waals surface area contributed by atoms with Gasteiger partial charge in [0.1, 0.15) is 0 Å². The third kappa shape index (κ3) is 4.53. The Labute approximate surface area is 167 Å². The lowest BCUT2D eigenvalue weighted by atomic mass is 10.1. The molecule has 0 spiro atoms. The Bertz CT molecular complexity index is 997. The van der Waals surface area contributed by atoms with Crippen molar-refractivity contribution in [3.63, 3.8) is 0 Å². The molecule has 0 amide bonds. The van der Waals surface area contributed by atoms with Crippen molar-refractivity contribution in [1.29, 1.82) is 0 Å². The maximum atomic E-state index is 12.6. The Balaban J connectivity index is 1.60. The van der Waals surface area contributed by atoms with Crippen molar-refractivity contribution in [2.24, 2.45) is 0 Å². The van der Waals surface area contributed by atoms with Gasteiger partial charge >= 0.3 is 0 Å². The van der Waals surface area contributed by atoms with Crippen LogP contribution in [-0.4, -0.2) is 20.7 Å². The second kappa shape index (κ2) is 8.63. The van der Waals surface area contributed by atoms with Gasteiger partial charge in [0.05, 0.1) is 4.90 Å². The average molecular weight is 426 g/mol. The van der Waals surface area contributed by atoms with E-state index in [2.05, 4.69) is 4.72 Å². The molecule has 0 atom stereocenters. The molecule has 0 saturated carbocycles. The summed E-state index contributed by atoms with van der Waals surface area (Å²) in [6.07, 6.45) is 0. The molecule has 26 heavy (non-hydrogen) atoms. The average Bonchev–Trinajstić information content (AvgIpc) is 2.63. The molecule has 0 bridgehead atoms. The van der Waals surface area contributed by atoms with Crippen molar-refractivity contribution in [2.45, 2.75) is 10.6 Å². The van der Waals surface area contributed by atoms with E-state index >= 15 is 0 Å². The zero-order chi connectivity index (χ0) is 18.6. The SMILES string of the molecule is O=S(=O)(NCCSCc1c(Cl)cccc1Cl)c1cccc2ccccc12. The van der Waals surface area contributed by atoms with Crippen LogP contribution < -0.4 is 4.72 Å². The first kappa shape index (κ1) is 19.5. The molecule has 3 aromatic rings. The van der Waals surface area contributed by atoms with Gasteiger partial charge in [0.15, 0.2) is 0 Å². The molecule has 3 nitrogen and oxygen atoms in total. The Morgan fingerprint density at radius 2 is 1.54 bits per heavy atom. The van der Waals surface area contributed by atoms with Crippen LogP contribution in [0.25, 0.3) is 10.8 Å². The third-order valence-electron chi connectivity index (χ3n) is 3.89. The van der Waals surface area contributed by atoms with Gasteiger partial charge in [0, 0.05) is 33.5 Å². The highest BCUT2D eigenvalue weighted by atomic mass is 35.5. The number of hydrogen-bond acceptors (Lipinski definition) is 3. The van der Waals surface area contributed by atoms with E-state index in [-0.39, 0.29) is 0 Å². The number of rotatable bonds is 7. The second-order valence-corrected chi connectivity index (χ2v) is 9.28. The van der Waals surface area contributed by atoms with Gasteiger partial charge in [0.25, 0.3) is 0 Å². The van der Waals surface area contributed by atoms with Crippen molar-refractivity contribution < 1.29 is 8.42 Å². The summed E-state index contributed by atoms with van der Waals surface area (Å²) in [7, 11) is -3.56. The zero-order valence-corrected chi connectivity index (χ0v) is 16.9. The van der Waals surface area contributed by atoms with E-state index in [1.54, 1.807) is 42.1 Å². The number of benzene rings is 3. The number of fused-ring (bicyclic) bond motifs is 1. The smallest absolute Gasteiger partial charge is 0.210 e. The van der Waals surface area contributed by atoms with Gasteiger partial charge in [-0.25, -0.2) is 13.1 Å². The summed E-state index contributed by atoms with van der Waals surface area (Å²) < 4.78 is 27.9. The van der Waals surface area contributed by atoms with Crippen molar-refractivity contribution in [3.05, 3.63) is 76.3 Å². The summed E-state index contributed by atoms with van der Waals surface area (Å²) in [4.78, 5) is 0.301. The summed E-state index contributed by atoms with van der Waals surface area (Å²) in [6.45, 7) is 0.332. The lowest BCUT2D eigenvalue weighted by Crippen LogP contribution is -2.26. The molecule has 0 heterocycles. The van der Waals surface area contributed by atoms with Crippen LogP contribution in [0.15, 0.2) is 65.6 Å². The Kier molecular flexibility index (Phi) is 6.48. The Morgan fingerprint density at radius 3 is 2.31 bits per heavy atom. The summed E-state index contributed by atoms with van der Waals surface area (Å²) in [5, 5.41) is 2.87. The highest BCUT2D eigenvalue weighted by Crippen LogP contribution is 2.28. The van der Waals surface area contributed by atoms with Gasteiger partial charge < -0.3 is 0 Å². The van der Waals surface area contributed by atoms with Crippen molar-refractivity contribution in [1.82, 2.24) is 4.72 Å². The minimum Gasteiger partial charge on any atom is -0.210 e. The maximum absolute atomic E-state index is 12.6. The van der Waals surface area contributed by atoms with Crippen LogP contribution in [0.5, 0.6) is 0 Å². The van der Waals surface area contributed by atoms with E-state index in [0.29, 0.717) is 33.0 Å². The maximum Gasteiger partial charge on any atom is 0.241 e. The third-order valence-corrected chi connectivity index (χ3v) is 7.10. The van der Waals surface area contributed by atoms with Gasteiger partial charge in [-0.1, -0.05) is 65.7 Å². The predicted octanol–water partition coefficient (Wildman–Crippen LogP) is 5.36. The van der Waals surface area contributed by atoms with Crippen LogP contribution in [0.2, 0.25) is 10.0 Å². The summed E-state index contributed by atoms with van der Waals surface area (Å²) in [6, 6.07) is 18.1. The van der Waals surface area contributed by atoms with E-state index in [0.717, 1.165) is 16.3 Å². The van der Waals surface area contributed by atoms with Gasteiger partial charge in [-0.05, 0) is 29.1 Å². The van der Waals surface area contributed by atoms with Crippen molar-refractivity contribution in [3.8, 4) is 0 Å². The normalized spacial score (nSPS) is 11.8. The number of hydrogen-bond donors (Lipinski definition) is 1. The fourth-order valence-corrected chi connectivity index (χ4v) is 5.58. The summed E-state index contributed by atoms with van der Waals surface area (Å²) in [5.74, 6) is 1.25. The quantitative estimate of drug-likeness (QED) is 0.518. The minimum absolute atomic E-state index is 0.301. The molecule has 0 fully saturated rings. The summed E-state index contributed by atoms with van der Waals surface area (Å²) >= 11 is 13.9. The Hall–Kier alpha value is -1.24. The van der Waals surface area contributed by atoms with Gasteiger partial charge in [0.2, 0.25) is 10.0 Å². The second-order valence-electron chi connectivity index (χ2n) is 5.63. The molecular formula is C19H17Cl2NO2S2. The molecule has 0 aliphatic rings. The van der Waals surface area contributed by atoms with Crippen LogP contribution in [0.1, 0.15) is 5.56 Å². The fourth-order valence-electron chi connectivity index (χ4n) is 2.60. The van der Waals surface area contributed by atoms with E-state index in [1.807, 2.05) is 30.3 Å². The molecular weight excluding hydrogens is 409 g/mol. The van der Waals surface area contributed by atoms with Gasteiger partial charge in [-0.2, -0.15) is 11.8 Å². The molecule has 136 valence electrons. The lowest BCUT2D eigenvalue weighted by Gasteiger charge is -2.10. The van der Waals surface area contributed by atoms with Crippen molar-refractivity contribution in [2.75, 3.05) is 12.3 Å². The molecule has 0 aliphatic carbocycles. The molecule has 3 aromatic carbocycles. The fraction of sp³-hybridized carbons (Fsp3) is 0.158. The molecule has 0 aliphatic heterocycles. The largest absolute Gasteiger partial charge is 0.241 e. The summed E-state index contributed by atoms with van der Waals surface area (Å²) in [5.41, 5.74) is 0.873. The monoisotopic (exact) mass is 425 g/mol. The highest BCUT2D eigenvalue weighted by molar-refractivity contribution is 7.98. The van der Waals surface area contributed by atoms with Crippen LogP contribution in [0.4, 0.5) is 0 Å². The molecule has 0 aromatic heterocycles. The van der Waals surface area contributed by atoms with E-state index in [4.69, 9.17) is 23.2 Å².